The smallest absolute Gasteiger partial charge is 0.122 e. The third-order valence-electron chi connectivity index (χ3n) is 3.58. The van der Waals surface area contributed by atoms with E-state index in [-0.39, 0.29) is 6.61 Å². The van der Waals surface area contributed by atoms with Gasteiger partial charge in [-0.3, -0.25) is 4.90 Å². The van der Waals surface area contributed by atoms with Crippen molar-refractivity contribution < 1.29 is 5.11 Å². The van der Waals surface area contributed by atoms with Crippen LogP contribution in [0.3, 0.4) is 0 Å². The molecule has 1 aliphatic carbocycles. The number of nitrogens with two attached hydrogens (primary N) is 1. The Morgan fingerprint density at radius 3 is 2.82 bits per heavy atom. The van der Waals surface area contributed by atoms with Gasteiger partial charge in [0.1, 0.15) is 5.82 Å². The molecule has 1 unspecified atom stereocenters. The highest BCUT2D eigenvalue weighted by molar-refractivity contribution is 5.01. The van der Waals surface area contributed by atoms with Crippen molar-refractivity contribution in [3.63, 3.8) is 0 Å². The molecule has 1 aromatic heterocycles. The summed E-state index contributed by atoms with van der Waals surface area (Å²) in [7, 11) is 4.01. The van der Waals surface area contributed by atoms with Crippen LogP contribution >= 0.6 is 0 Å². The van der Waals surface area contributed by atoms with E-state index in [1.807, 2.05) is 24.9 Å². The summed E-state index contributed by atoms with van der Waals surface area (Å²) in [4.78, 5) is 6.43. The van der Waals surface area contributed by atoms with Gasteiger partial charge in [0.2, 0.25) is 0 Å². The van der Waals surface area contributed by atoms with Gasteiger partial charge in [0.15, 0.2) is 0 Å². The zero-order chi connectivity index (χ0) is 12.5. The molecule has 3 N–H and O–H groups in total. The first-order chi connectivity index (χ1) is 8.05. The molecule has 1 atom stereocenters. The fourth-order valence-corrected chi connectivity index (χ4v) is 2.32. The van der Waals surface area contributed by atoms with Crippen LogP contribution in [0.2, 0.25) is 0 Å². The highest BCUT2D eigenvalue weighted by atomic mass is 16.3. The normalized spacial score (nSPS) is 19.6. The van der Waals surface area contributed by atoms with Gasteiger partial charge in [0.25, 0.3) is 0 Å². The minimum Gasteiger partial charge on any atom is -0.394 e. The molecule has 5 heteroatoms. The average Bonchev–Trinajstić information content (AvgIpc) is 3.06. The Morgan fingerprint density at radius 1 is 1.65 bits per heavy atom. The van der Waals surface area contributed by atoms with Gasteiger partial charge in [-0.05, 0) is 25.8 Å². The lowest BCUT2D eigenvalue weighted by Gasteiger charge is -2.32. The first-order valence-corrected chi connectivity index (χ1v) is 6.09. The van der Waals surface area contributed by atoms with Crippen molar-refractivity contribution in [3.05, 3.63) is 18.2 Å². The van der Waals surface area contributed by atoms with E-state index in [0.717, 1.165) is 25.2 Å². The molecule has 1 heterocycles. The third kappa shape index (κ3) is 2.86. The highest BCUT2D eigenvalue weighted by Gasteiger charge is 2.42. The van der Waals surface area contributed by atoms with Gasteiger partial charge in [-0.1, -0.05) is 0 Å². The predicted octanol–water partition coefficient (Wildman–Crippen LogP) is -0.0483. The summed E-state index contributed by atoms with van der Waals surface area (Å²) in [6.45, 7) is 1.53. The van der Waals surface area contributed by atoms with E-state index in [4.69, 9.17) is 5.73 Å². The number of rotatable bonds is 6. The summed E-state index contributed by atoms with van der Waals surface area (Å²) in [5, 5.41) is 9.45. The maximum atomic E-state index is 9.45. The van der Waals surface area contributed by atoms with Crippen molar-refractivity contribution in [2.45, 2.75) is 24.9 Å². The monoisotopic (exact) mass is 238 g/mol. The van der Waals surface area contributed by atoms with E-state index in [1.54, 1.807) is 6.20 Å². The molecule has 0 aromatic carbocycles. The van der Waals surface area contributed by atoms with Crippen LogP contribution in [0.5, 0.6) is 0 Å². The largest absolute Gasteiger partial charge is 0.394 e. The molecule has 1 saturated carbocycles. The van der Waals surface area contributed by atoms with Gasteiger partial charge in [0, 0.05) is 26.0 Å². The van der Waals surface area contributed by atoms with E-state index >= 15 is 0 Å². The van der Waals surface area contributed by atoms with Crippen LogP contribution in [-0.2, 0) is 13.6 Å². The van der Waals surface area contributed by atoms with Crippen LogP contribution in [0.25, 0.3) is 0 Å². The van der Waals surface area contributed by atoms with E-state index in [0.29, 0.717) is 12.5 Å². The minimum atomic E-state index is -0.445. The number of hydrogen-bond acceptors (Lipinski definition) is 4. The number of aliphatic hydroxyl groups excluding tert-OH is 1. The number of aryl methyl sites for hydroxylation is 1. The van der Waals surface area contributed by atoms with Crippen LogP contribution < -0.4 is 5.73 Å². The molecule has 0 saturated heterocycles. The molecule has 1 aromatic rings. The summed E-state index contributed by atoms with van der Waals surface area (Å²) >= 11 is 0. The molecular weight excluding hydrogens is 216 g/mol. The van der Waals surface area contributed by atoms with Gasteiger partial charge in [-0.2, -0.15) is 0 Å². The Morgan fingerprint density at radius 2 is 2.35 bits per heavy atom. The molecule has 17 heavy (non-hydrogen) atoms. The fourth-order valence-electron chi connectivity index (χ4n) is 2.32. The zero-order valence-corrected chi connectivity index (χ0v) is 10.6. The standard InChI is InChI=1S/C12H22N4O/c1-15(7-11-14-5-6-16(11)2)8-12(13,9-17)10-3-4-10/h5-6,10,17H,3-4,7-9,13H2,1-2H3. The summed E-state index contributed by atoms with van der Waals surface area (Å²) in [5.74, 6) is 1.50. The molecule has 96 valence electrons. The Balaban J connectivity index is 1.92. The van der Waals surface area contributed by atoms with Crippen LogP contribution in [0.15, 0.2) is 12.4 Å². The fraction of sp³-hybridized carbons (Fsp3) is 0.750. The van der Waals surface area contributed by atoms with Crippen molar-refractivity contribution in [2.24, 2.45) is 18.7 Å². The van der Waals surface area contributed by atoms with E-state index in [2.05, 4.69) is 9.88 Å². The molecule has 0 radical (unpaired) electrons. The minimum absolute atomic E-state index is 0.0581. The summed E-state index contributed by atoms with van der Waals surface area (Å²) < 4.78 is 2.00. The molecule has 2 rings (SSSR count). The Kier molecular flexibility index (Phi) is 3.51. The van der Waals surface area contributed by atoms with Gasteiger partial charge in [-0.15, -0.1) is 0 Å². The Bertz CT molecular complexity index is 374. The summed E-state index contributed by atoms with van der Waals surface area (Å²) in [5.41, 5.74) is 5.81. The molecule has 0 amide bonds. The van der Waals surface area contributed by atoms with Gasteiger partial charge in [-0.25, -0.2) is 4.98 Å². The van der Waals surface area contributed by atoms with E-state index in [9.17, 15) is 5.11 Å². The predicted molar refractivity (Wildman–Crippen MR) is 66.3 cm³/mol. The average molecular weight is 238 g/mol. The summed E-state index contributed by atoms with van der Waals surface area (Å²) in [6, 6.07) is 0. The number of hydrogen-bond donors (Lipinski definition) is 2. The maximum Gasteiger partial charge on any atom is 0.122 e. The number of aliphatic hydroxyl groups is 1. The van der Waals surface area contributed by atoms with Gasteiger partial charge < -0.3 is 15.4 Å². The third-order valence-corrected chi connectivity index (χ3v) is 3.58. The van der Waals surface area contributed by atoms with Crippen LogP contribution in [0.4, 0.5) is 0 Å². The number of imidazole rings is 1. The van der Waals surface area contributed by atoms with Gasteiger partial charge in [0.05, 0.1) is 18.7 Å². The lowest BCUT2D eigenvalue weighted by molar-refractivity contribution is 0.129. The second-order valence-corrected chi connectivity index (χ2v) is 5.29. The molecule has 0 aliphatic heterocycles. The van der Waals surface area contributed by atoms with Crippen LogP contribution in [-0.4, -0.2) is 45.3 Å². The van der Waals surface area contributed by atoms with Crippen molar-refractivity contribution in [2.75, 3.05) is 20.2 Å². The number of aromatic nitrogens is 2. The van der Waals surface area contributed by atoms with Crippen molar-refractivity contribution in [1.82, 2.24) is 14.5 Å². The first-order valence-electron chi connectivity index (χ1n) is 6.09. The quantitative estimate of drug-likeness (QED) is 0.729. The zero-order valence-electron chi connectivity index (χ0n) is 10.6. The topological polar surface area (TPSA) is 67.3 Å². The molecular formula is C12H22N4O. The number of likely N-dealkylation sites (N-methyl/N-ethyl adjacent to an activating group) is 1. The van der Waals surface area contributed by atoms with Crippen molar-refractivity contribution >= 4 is 0 Å². The molecule has 0 bridgehead atoms. The maximum absolute atomic E-state index is 9.45. The van der Waals surface area contributed by atoms with E-state index < -0.39 is 5.54 Å². The van der Waals surface area contributed by atoms with Crippen LogP contribution in [0, 0.1) is 5.92 Å². The second-order valence-electron chi connectivity index (χ2n) is 5.29. The molecule has 1 aliphatic rings. The Labute approximate surface area is 102 Å². The first kappa shape index (κ1) is 12.5. The molecule has 0 spiro atoms. The van der Waals surface area contributed by atoms with Crippen molar-refractivity contribution in [3.8, 4) is 0 Å². The van der Waals surface area contributed by atoms with Gasteiger partial charge >= 0.3 is 0 Å². The molecule has 1 fully saturated rings. The van der Waals surface area contributed by atoms with Crippen molar-refractivity contribution in [1.29, 1.82) is 0 Å². The second kappa shape index (κ2) is 4.76. The summed E-state index contributed by atoms with van der Waals surface area (Å²) in [6.07, 6.45) is 6.03. The van der Waals surface area contributed by atoms with E-state index in [1.165, 1.54) is 0 Å². The lowest BCUT2D eigenvalue weighted by atomic mass is 9.95. The Hall–Kier alpha value is -0.910. The van der Waals surface area contributed by atoms with Crippen LogP contribution in [0.1, 0.15) is 18.7 Å². The highest BCUT2D eigenvalue weighted by Crippen LogP contribution is 2.38. The lowest BCUT2D eigenvalue weighted by Crippen LogP contribution is -2.54. The number of nitrogens with zero attached hydrogens (tertiary/aromatic N) is 3. The molecule has 5 nitrogen and oxygen atoms in total. The SMILES string of the molecule is CN(Cc1nccn1C)CC(N)(CO)C1CC1.